The van der Waals surface area contributed by atoms with Gasteiger partial charge in [0.15, 0.2) is 0 Å². The van der Waals surface area contributed by atoms with E-state index in [1.54, 1.807) is 0 Å². The number of primary sulfonamides is 1. The fourth-order valence-corrected chi connectivity index (χ4v) is 2.83. The highest BCUT2D eigenvalue weighted by Gasteiger charge is 2.41. The molecule has 1 aliphatic heterocycles. The Morgan fingerprint density at radius 1 is 1.44 bits per heavy atom. The van der Waals surface area contributed by atoms with Crippen LogP contribution in [0.2, 0.25) is 0 Å². The van der Waals surface area contributed by atoms with Gasteiger partial charge in [0, 0.05) is 5.56 Å². The molecule has 2 rings (SSSR count). The Kier molecular flexibility index (Phi) is 3.21. The zero-order chi connectivity index (χ0) is 13.7. The van der Waals surface area contributed by atoms with E-state index in [4.69, 9.17) is 9.88 Å². The summed E-state index contributed by atoms with van der Waals surface area (Å²) in [7, 11) is -3.79. The molecule has 7 heteroatoms. The topological polar surface area (TPSA) is 89.6 Å². The van der Waals surface area contributed by atoms with Crippen molar-refractivity contribution in [3.8, 4) is 5.75 Å². The first kappa shape index (κ1) is 13.8. The lowest BCUT2D eigenvalue weighted by Crippen LogP contribution is -2.45. The molecule has 0 radical (unpaired) electrons. The SMILES string of the molecule is CC1(C)Oc2ccc(S(N)(=O)=O)cc2[C@H](O)[C@H]1Br. The Hall–Kier alpha value is -0.630. The van der Waals surface area contributed by atoms with Crippen molar-refractivity contribution in [1.82, 2.24) is 0 Å². The molecule has 0 fully saturated rings. The van der Waals surface area contributed by atoms with Gasteiger partial charge in [-0.15, -0.1) is 0 Å². The van der Waals surface area contributed by atoms with Gasteiger partial charge in [-0.2, -0.15) is 0 Å². The third-order valence-corrected chi connectivity index (χ3v) is 5.46. The molecule has 18 heavy (non-hydrogen) atoms. The molecule has 100 valence electrons. The molecule has 3 N–H and O–H groups in total. The van der Waals surface area contributed by atoms with Gasteiger partial charge in [-0.3, -0.25) is 0 Å². The minimum atomic E-state index is -3.79. The van der Waals surface area contributed by atoms with E-state index in [-0.39, 0.29) is 9.72 Å². The summed E-state index contributed by atoms with van der Waals surface area (Å²) in [5.41, 5.74) is -0.169. The van der Waals surface area contributed by atoms with Crippen molar-refractivity contribution >= 4 is 26.0 Å². The summed E-state index contributed by atoms with van der Waals surface area (Å²) in [4.78, 5) is -0.378. The number of fused-ring (bicyclic) bond motifs is 1. The van der Waals surface area contributed by atoms with Crippen molar-refractivity contribution in [3.05, 3.63) is 23.8 Å². The molecule has 0 unspecified atom stereocenters. The van der Waals surface area contributed by atoms with Crippen LogP contribution in [0.4, 0.5) is 0 Å². The summed E-state index contributed by atoms with van der Waals surface area (Å²) >= 11 is 3.36. The van der Waals surface area contributed by atoms with Crippen molar-refractivity contribution in [2.24, 2.45) is 5.14 Å². The molecule has 0 bridgehead atoms. The van der Waals surface area contributed by atoms with Crippen LogP contribution in [-0.4, -0.2) is 24.0 Å². The van der Waals surface area contributed by atoms with Crippen LogP contribution in [0.15, 0.2) is 23.1 Å². The molecule has 0 spiro atoms. The molecule has 0 saturated carbocycles. The van der Waals surface area contributed by atoms with Crippen molar-refractivity contribution in [1.29, 1.82) is 0 Å². The van der Waals surface area contributed by atoms with E-state index in [1.807, 2.05) is 13.8 Å². The summed E-state index contributed by atoms with van der Waals surface area (Å²) in [5.74, 6) is 0.468. The highest BCUT2D eigenvalue weighted by Crippen LogP contribution is 2.43. The normalized spacial score (nSPS) is 26.3. The number of aliphatic hydroxyl groups is 1. The number of sulfonamides is 1. The fraction of sp³-hybridized carbons (Fsp3) is 0.455. The van der Waals surface area contributed by atoms with Crippen LogP contribution < -0.4 is 9.88 Å². The standard InChI is InChI=1S/C11H14BrNO4S/c1-11(2)10(12)9(14)7-5-6(18(13,15)16)3-4-8(7)17-11/h3-5,9-10,14H,1-2H3,(H2,13,15,16)/t9-,10+/m0/s1. The van der Waals surface area contributed by atoms with Gasteiger partial charge in [0.1, 0.15) is 11.4 Å². The molecule has 1 aliphatic rings. The highest BCUT2D eigenvalue weighted by molar-refractivity contribution is 9.09. The average molecular weight is 336 g/mol. The maximum Gasteiger partial charge on any atom is 0.238 e. The van der Waals surface area contributed by atoms with Gasteiger partial charge < -0.3 is 9.84 Å². The van der Waals surface area contributed by atoms with Crippen LogP contribution in [0.25, 0.3) is 0 Å². The van der Waals surface area contributed by atoms with Crippen molar-refractivity contribution in [3.63, 3.8) is 0 Å². The van der Waals surface area contributed by atoms with Crippen molar-refractivity contribution in [2.75, 3.05) is 0 Å². The lowest BCUT2D eigenvalue weighted by molar-refractivity contribution is 0.0223. The summed E-state index contributed by atoms with van der Waals surface area (Å²) in [6, 6.07) is 4.23. The van der Waals surface area contributed by atoms with Crippen LogP contribution in [0.1, 0.15) is 25.5 Å². The van der Waals surface area contributed by atoms with E-state index >= 15 is 0 Å². The van der Waals surface area contributed by atoms with Gasteiger partial charge >= 0.3 is 0 Å². The first-order valence-corrected chi connectivity index (χ1v) is 7.77. The van der Waals surface area contributed by atoms with Gasteiger partial charge in [0.25, 0.3) is 0 Å². The van der Waals surface area contributed by atoms with Crippen molar-refractivity contribution in [2.45, 2.75) is 35.3 Å². The quantitative estimate of drug-likeness (QED) is 0.757. The predicted molar refractivity (Wildman–Crippen MR) is 70.2 cm³/mol. The third-order valence-electron chi connectivity index (χ3n) is 2.94. The number of aliphatic hydroxyl groups excluding tert-OH is 1. The number of alkyl halides is 1. The van der Waals surface area contributed by atoms with E-state index in [2.05, 4.69) is 15.9 Å². The number of hydrogen-bond acceptors (Lipinski definition) is 4. The number of rotatable bonds is 1. The van der Waals surface area contributed by atoms with Crippen molar-refractivity contribution < 1.29 is 18.3 Å². The molecule has 0 aromatic heterocycles. The number of ether oxygens (including phenoxy) is 1. The van der Waals surface area contributed by atoms with E-state index in [1.165, 1.54) is 18.2 Å². The largest absolute Gasteiger partial charge is 0.486 e. The molecular weight excluding hydrogens is 322 g/mol. The second kappa shape index (κ2) is 4.19. The number of halogens is 1. The average Bonchev–Trinajstić information content (AvgIpc) is 2.24. The second-order valence-electron chi connectivity index (χ2n) is 4.80. The van der Waals surface area contributed by atoms with E-state index in [0.717, 1.165) is 0 Å². The fourth-order valence-electron chi connectivity index (χ4n) is 1.91. The maximum atomic E-state index is 11.3. The Morgan fingerprint density at radius 2 is 2.06 bits per heavy atom. The molecular formula is C11H14BrNO4S. The molecule has 5 nitrogen and oxygen atoms in total. The summed E-state index contributed by atoms with van der Waals surface area (Å²) in [6.45, 7) is 3.68. The van der Waals surface area contributed by atoms with Gasteiger partial charge in [-0.1, -0.05) is 15.9 Å². The lowest BCUT2D eigenvalue weighted by Gasteiger charge is -2.40. The molecule has 0 amide bonds. The summed E-state index contributed by atoms with van der Waals surface area (Å²) < 4.78 is 28.3. The van der Waals surface area contributed by atoms with E-state index < -0.39 is 21.7 Å². The van der Waals surface area contributed by atoms with E-state index in [0.29, 0.717) is 11.3 Å². The second-order valence-corrected chi connectivity index (χ2v) is 7.34. The molecule has 0 saturated heterocycles. The number of nitrogens with two attached hydrogens (primary N) is 1. The van der Waals surface area contributed by atoms with Gasteiger partial charge in [-0.25, -0.2) is 13.6 Å². The number of benzene rings is 1. The summed E-state index contributed by atoms with van der Waals surface area (Å²) in [5, 5.41) is 15.3. The molecule has 1 heterocycles. The number of hydrogen-bond donors (Lipinski definition) is 2. The Balaban J connectivity index is 2.56. The van der Waals surface area contributed by atoms with E-state index in [9.17, 15) is 13.5 Å². The van der Waals surface area contributed by atoms with Crippen LogP contribution >= 0.6 is 15.9 Å². The first-order chi connectivity index (χ1) is 8.13. The minimum absolute atomic E-state index is 0.0386. The van der Waals surface area contributed by atoms with Gasteiger partial charge in [0.05, 0.1) is 15.8 Å². The molecule has 1 aromatic rings. The monoisotopic (exact) mass is 335 g/mol. The van der Waals surface area contributed by atoms with Gasteiger partial charge in [-0.05, 0) is 32.0 Å². The van der Waals surface area contributed by atoms with Crippen LogP contribution in [0.3, 0.4) is 0 Å². The lowest BCUT2D eigenvalue weighted by atomic mass is 9.91. The Bertz CT molecular complexity index is 585. The predicted octanol–water partition coefficient (Wildman–Crippen LogP) is 1.30. The molecule has 0 aliphatic carbocycles. The zero-order valence-electron chi connectivity index (χ0n) is 9.92. The zero-order valence-corrected chi connectivity index (χ0v) is 12.3. The summed E-state index contributed by atoms with van der Waals surface area (Å²) in [6.07, 6.45) is -0.856. The maximum absolute atomic E-state index is 11.3. The molecule has 2 atom stereocenters. The minimum Gasteiger partial charge on any atom is -0.486 e. The van der Waals surface area contributed by atoms with Crippen LogP contribution in [0.5, 0.6) is 5.75 Å². The smallest absolute Gasteiger partial charge is 0.238 e. The molecule has 1 aromatic carbocycles. The van der Waals surface area contributed by atoms with Crippen LogP contribution in [0, 0.1) is 0 Å². The third kappa shape index (κ3) is 2.27. The highest BCUT2D eigenvalue weighted by atomic mass is 79.9. The van der Waals surface area contributed by atoms with Crippen LogP contribution in [-0.2, 0) is 10.0 Å². The first-order valence-electron chi connectivity index (χ1n) is 5.31. The Morgan fingerprint density at radius 3 is 2.61 bits per heavy atom. The Labute approximate surface area is 114 Å². The van der Waals surface area contributed by atoms with Gasteiger partial charge in [0.2, 0.25) is 10.0 Å².